The topological polar surface area (TPSA) is 98.4 Å². The van der Waals surface area contributed by atoms with Crippen molar-refractivity contribution in [3.05, 3.63) is 41.2 Å². The first-order chi connectivity index (χ1) is 13.7. The number of esters is 1. The Morgan fingerprint density at radius 1 is 1.18 bits per heavy atom. The molecule has 1 atom stereocenters. The van der Waals surface area contributed by atoms with Gasteiger partial charge in [0.2, 0.25) is 0 Å². The molecule has 0 fully saturated rings. The number of methoxy groups -OCH3 is 1. The summed E-state index contributed by atoms with van der Waals surface area (Å²) in [6.07, 6.45) is 2.37. The normalized spacial score (nSPS) is 15.9. The van der Waals surface area contributed by atoms with E-state index in [1.54, 1.807) is 19.2 Å². The molecule has 0 bridgehead atoms. The van der Waals surface area contributed by atoms with Crippen LogP contribution in [0, 0.1) is 0 Å². The second-order valence-electron chi connectivity index (χ2n) is 6.56. The molecule has 0 aliphatic heterocycles. The van der Waals surface area contributed by atoms with Crippen molar-refractivity contribution in [2.24, 2.45) is 0 Å². The van der Waals surface area contributed by atoms with Crippen molar-refractivity contribution in [1.82, 2.24) is 0 Å². The van der Waals surface area contributed by atoms with E-state index in [9.17, 15) is 4.79 Å². The molecule has 1 aromatic carbocycles. The SMILES string of the molecule is COc1ccc(-c2oc3c(c2C(=O)OCCCO)C(OCCO)CCC3)cc1. The van der Waals surface area contributed by atoms with Gasteiger partial charge < -0.3 is 28.8 Å². The minimum Gasteiger partial charge on any atom is -0.497 e. The number of hydrogen-bond donors (Lipinski definition) is 2. The molecule has 1 aliphatic carbocycles. The first-order valence-electron chi connectivity index (χ1n) is 9.50. The van der Waals surface area contributed by atoms with Crippen LogP contribution in [0.5, 0.6) is 5.75 Å². The number of fused-ring (bicyclic) bond motifs is 1. The summed E-state index contributed by atoms with van der Waals surface area (Å²) in [5.74, 6) is 1.37. The van der Waals surface area contributed by atoms with Crippen molar-refractivity contribution in [1.29, 1.82) is 0 Å². The Kier molecular flexibility index (Phi) is 7.08. The summed E-state index contributed by atoms with van der Waals surface area (Å²) in [5.41, 5.74) is 1.81. The largest absolute Gasteiger partial charge is 0.497 e. The first kappa shape index (κ1) is 20.4. The van der Waals surface area contributed by atoms with Crippen LogP contribution < -0.4 is 4.74 Å². The highest BCUT2D eigenvalue weighted by Crippen LogP contribution is 2.42. The van der Waals surface area contributed by atoms with E-state index >= 15 is 0 Å². The number of benzene rings is 1. The highest BCUT2D eigenvalue weighted by Gasteiger charge is 2.34. The Labute approximate surface area is 163 Å². The smallest absolute Gasteiger partial charge is 0.342 e. The Balaban J connectivity index is 2.02. The monoisotopic (exact) mass is 390 g/mol. The van der Waals surface area contributed by atoms with Crippen molar-refractivity contribution in [2.45, 2.75) is 31.8 Å². The predicted octanol–water partition coefficient (Wildman–Crippen LogP) is 2.88. The third-order valence-electron chi connectivity index (χ3n) is 4.72. The van der Waals surface area contributed by atoms with E-state index in [1.807, 2.05) is 12.1 Å². The lowest BCUT2D eigenvalue weighted by molar-refractivity contribution is 0.0156. The number of aliphatic hydroxyl groups is 2. The molecule has 7 nitrogen and oxygen atoms in total. The zero-order valence-corrected chi connectivity index (χ0v) is 16.0. The summed E-state index contributed by atoms with van der Waals surface area (Å²) in [5, 5.41) is 18.1. The van der Waals surface area contributed by atoms with E-state index in [0.717, 1.165) is 18.4 Å². The number of ether oxygens (including phenoxy) is 3. The second-order valence-corrected chi connectivity index (χ2v) is 6.56. The molecule has 1 aliphatic rings. The van der Waals surface area contributed by atoms with Gasteiger partial charge in [0.1, 0.15) is 22.8 Å². The van der Waals surface area contributed by atoms with Gasteiger partial charge in [-0.3, -0.25) is 0 Å². The van der Waals surface area contributed by atoms with E-state index in [2.05, 4.69) is 0 Å². The zero-order chi connectivity index (χ0) is 19.9. The number of carbonyl (C=O) groups is 1. The van der Waals surface area contributed by atoms with Crippen molar-refractivity contribution < 1.29 is 33.6 Å². The third kappa shape index (κ3) is 4.38. The molecule has 0 radical (unpaired) electrons. The number of hydrogen-bond acceptors (Lipinski definition) is 7. The van der Waals surface area contributed by atoms with Gasteiger partial charge in [0.15, 0.2) is 0 Å². The number of rotatable bonds is 9. The standard InChI is InChI=1S/C21H26O7/c1-25-15-8-6-14(7-9-15)20-19(21(24)27-12-3-10-22)18-16(26-13-11-23)4-2-5-17(18)28-20/h6-9,16,22-23H,2-5,10-13H2,1H3. The molecule has 1 aromatic heterocycles. The Morgan fingerprint density at radius 3 is 2.64 bits per heavy atom. The van der Waals surface area contributed by atoms with Gasteiger partial charge in [-0.1, -0.05) is 0 Å². The Morgan fingerprint density at radius 2 is 1.96 bits per heavy atom. The minimum absolute atomic E-state index is 0.0512. The van der Waals surface area contributed by atoms with E-state index in [0.29, 0.717) is 41.2 Å². The maximum atomic E-state index is 12.9. The highest BCUT2D eigenvalue weighted by molar-refractivity contribution is 5.98. The van der Waals surface area contributed by atoms with Gasteiger partial charge in [0, 0.05) is 30.6 Å². The zero-order valence-electron chi connectivity index (χ0n) is 16.0. The van der Waals surface area contributed by atoms with Crippen molar-refractivity contribution in [3.63, 3.8) is 0 Å². The van der Waals surface area contributed by atoms with Crippen LogP contribution >= 0.6 is 0 Å². The number of aryl methyl sites for hydroxylation is 1. The van der Waals surface area contributed by atoms with E-state index in [4.69, 9.17) is 28.8 Å². The predicted molar refractivity (Wildman–Crippen MR) is 101 cm³/mol. The molecule has 2 N–H and O–H groups in total. The van der Waals surface area contributed by atoms with Gasteiger partial charge in [-0.25, -0.2) is 4.79 Å². The van der Waals surface area contributed by atoms with Crippen LogP contribution in [-0.4, -0.2) is 49.7 Å². The van der Waals surface area contributed by atoms with E-state index in [1.165, 1.54) is 0 Å². The van der Waals surface area contributed by atoms with Crippen LogP contribution in [0.3, 0.4) is 0 Å². The molecule has 3 rings (SSSR count). The molecule has 0 saturated heterocycles. The van der Waals surface area contributed by atoms with Crippen LogP contribution in [0.4, 0.5) is 0 Å². The lowest BCUT2D eigenvalue weighted by atomic mass is 9.91. The van der Waals surface area contributed by atoms with E-state index < -0.39 is 5.97 Å². The number of aliphatic hydroxyl groups excluding tert-OH is 2. The first-order valence-corrected chi connectivity index (χ1v) is 9.50. The summed E-state index contributed by atoms with van der Waals surface area (Å²) in [4.78, 5) is 12.9. The molecule has 0 amide bonds. The summed E-state index contributed by atoms with van der Waals surface area (Å²) < 4.78 is 22.4. The van der Waals surface area contributed by atoms with Crippen molar-refractivity contribution in [3.8, 4) is 17.1 Å². The van der Waals surface area contributed by atoms with Crippen LogP contribution in [0.15, 0.2) is 28.7 Å². The molecular formula is C21H26O7. The molecule has 0 spiro atoms. The fourth-order valence-electron chi connectivity index (χ4n) is 3.42. The molecule has 2 aromatic rings. The fourth-order valence-corrected chi connectivity index (χ4v) is 3.42. The van der Waals surface area contributed by atoms with Crippen LogP contribution in [0.2, 0.25) is 0 Å². The van der Waals surface area contributed by atoms with Gasteiger partial charge in [-0.05, 0) is 37.1 Å². The van der Waals surface area contributed by atoms with Gasteiger partial charge >= 0.3 is 5.97 Å². The van der Waals surface area contributed by atoms with Crippen molar-refractivity contribution >= 4 is 5.97 Å². The molecule has 152 valence electrons. The quantitative estimate of drug-likeness (QED) is 0.502. The molecule has 1 unspecified atom stereocenters. The van der Waals surface area contributed by atoms with Gasteiger partial charge in [0.25, 0.3) is 0 Å². The van der Waals surface area contributed by atoms with Crippen molar-refractivity contribution in [2.75, 3.05) is 33.5 Å². The molecule has 7 heteroatoms. The summed E-state index contributed by atoms with van der Waals surface area (Å²) >= 11 is 0. The maximum Gasteiger partial charge on any atom is 0.342 e. The van der Waals surface area contributed by atoms with Crippen LogP contribution in [0.1, 0.15) is 47.0 Å². The average molecular weight is 390 g/mol. The molecular weight excluding hydrogens is 364 g/mol. The average Bonchev–Trinajstić information content (AvgIpc) is 3.12. The molecule has 0 saturated carbocycles. The fraction of sp³-hybridized carbons (Fsp3) is 0.476. The maximum absolute atomic E-state index is 12.9. The lowest BCUT2D eigenvalue weighted by Gasteiger charge is -2.22. The Hall–Kier alpha value is -2.35. The molecule has 28 heavy (non-hydrogen) atoms. The summed E-state index contributed by atoms with van der Waals surface area (Å²) in [7, 11) is 1.59. The number of furan rings is 1. The highest BCUT2D eigenvalue weighted by atomic mass is 16.5. The van der Waals surface area contributed by atoms with Gasteiger partial charge in [0.05, 0.1) is 33.0 Å². The third-order valence-corrected chi connectivity index (χ3v) is 4.72. The lowest BCUT2D eigenvalue weighted by Crippen LogP contribution is -2.18. The number of carbonyl (C=O) groups excluding carboxylic acids is 1. The minimum atomic E-state index is -0.497. The van der Waals surface area contributed by atoms with Crippen LogP contribution in [-0.2, 0) is 15.9 Å². The summed E-state index contributed by atoms with van der Waals surface area (Å²) in [6, 6.07) is 7.27. The molecule has 1 heterocycles. The van der Waals surface area contributed by atoms with Gasteiger partial charge in [-0.15, -0.1) is 0 Å². The Bertz CT molecular complexity index is 779. The van der Waals surface area contributed by atoms with Crippen LogP contribution in [0.25, 0.3) is 11.3 Å². The summed E-state index contributed by atoms with van der Waals surface area (Å²) in [6.45, 7) is 0.168. The second kappa shape index (κ2) is 9.73. The van der Waals surface area contributed by atoms with E-state index in [-0.39, 0.29) is 32.5 Å². The van der Waals surface area contributed by atoms with Gasteiger partial charge in [-0.2, -0.15) is 0 Å².